The Morgan fingerprint density at radius 1 is 1.35 bits per heavy atom. The fraction of sp³-hybridized carbons (Fsp3) is 0.533. The van der Waals surface area contributed by atoms with Gasteiger partial charge in [0.15, 0.2) is 0 Å². The molecule has 1 amide bonds. The number of benzene rings is 1. The van der Waals surface area contributed by atoms with Crippen LogP contribution in [0.3, 0.4) is 0 Å². The lowest BCUT2D eigenvalue weighted by Crippen LogP contribution is -2.36. The van der Waals surface area contributed by atoms with E-state index in [1.807, 2.05) is 6.92 Å². The third-order valence-electron chi connectivity index (χ3n) is 3.30. The Morgan fingerprint density at radius 2 is 2.00 bits per heavy atom. The first-order chi connectivity index (χ1) is 10.7. The molecule has 0 fully saturated rings. The van der Waals surface area contributed by atoms with Gasteiger partial charge in [-0.25, -0.2) is 12.7 Å². The Bertz CT molecular complexity index is 672. The lowest BCUT2D eigenvalue weighted by Gasteiger charge is -2.14. The molecule has 0 aliphatic heterocycles. The first kappa shape index (κ1) is 19.8. The van der Waals surface area contributed by atoms with Gasteiger partial charge in [0, 0.05) is 37.2 Å². The van der Waals surface area contributed by atoms with Gasteiger partial charge in [-0.1, -0.05) is 19.1 Å². The molecule has 0 aliphatic rings. The summed E-state index contributed by atoms with van der Waals surface area (Å²) in [4.78, 5) is 12.0. The number of amides is 1. The maximum Gasteiger partial charge on any atom is 0.242 e. The highest BCUT2D eigenvalue weighted by atomic mass is 32.2. The van der Waals surface area contributed by atoms with Crippen molar-refractivity contribution in [3.8, 4) is 0 Å². The Balaban J connectivity index is 2.86. The quantitative estimate of drug-likeness (QED) is 0.752. The third kappa shape index (κ3) is 5.40. The molecule has 2 atom stereocenters. The summed E-state index contributed by atoms with van der Waals surface area (Å²) in [5.74, 6) is -0.112. The number of hydrogen-bond acceptors (Lipinski definition) is 4. The van der Waals surface area contributed by atoms with Crippen LogP contribution in [0.1, 0.15) is 25.8 Å². The normalized spacial score (nSPS) is 14.5. The monoisotopic (exact) mass is 360 g/mol. The summed E-state index contributed by atoms with van der Waals surface area (Å²) in [5, 5.41) is 2.07. The van der Waals surface area contributed by atoms with E-state index in [1.165, 1.54) is 26.2 Å². The van der Waals surface area contributed by atoms with E-state index < -0.39 is 26.1 Å². The molecular formula is C15H24N2O4S2. The molecule has 0 heterocycles. The maximum absolute atomic E-state index is 12.3. The highest BCUT2D eigenvalue weighted by Crippen LogP contribution is 2.16. The Labute approximate surface area is 140 Å². The molecule has 0 saturated carbocycles. The zero-order valence-electron chi connectivity index (χ0n) is 13.9. The fourth-order valence-electron chi connectivity index (χ4n) is 1.81. The van der Waals surface area contributed by atoms with E-state index >= 15 is 0 Å². The van der Waals surface area contributed by atoms with Crippen molar-refractivity contribution >= 4 is 26.7 Å². The van der Waals surface area contributed by atoms with E-state index in [9.17, 15) is 17.4 Å². The first-order valence-corrected chi connectivity index (χ1v) is 10.2. The summed E-state index contributed by atoms with van der Waals surface area (Å²) in [5.41, 5.74) is 0.626. The maximum atomic E-state index is 12.3. The van der Waals surface area contributed by atoms with Crippen molar-refractivity contribution in [3.05, 3.63) is 29.8 Å². The largest absolute Gasteiger partial charge is 0.355 e. The molecule has 8 heteroatoms. The van der Waals surface area contributed by atoms with Crippen LogP contribution in [0.25, 0.3) is 0 Å². The SMILES string of the molecule is CCCNC(=O)C(C)S(=O)Cc1cccc(S(=O)(=O)N(C)C)c1. The number of carbonyl (C=O) groups excluding carboxylic acids is 1. The molecular weight excluding hydrogens is 336 g/mol. The van der Waals surface area contributed by atoms with Gasteiger partial charge in [0.25, 0.3) is 0 Å². The number of nitrogens with zero attached hydrogens (tertiary/aromatic N) is 1. The lowest BCUT2D eigenvalue weighted by atomic mass is 10.2. The average Bonchev–Trinajstić information content (AvgIpc) is 2.51. The van der Waals surface area contributed by atoms with Crippen molar-refractivity contribution < 1.29 is 17.4 Å². The Kier molecular flexibility index (Phi) is 7.37. The fourth-order valence-corrected chi connectivity index (χ4v) is 3.86. The molecule has 2 unspecified atom stereocenters. The summed E-state index contributed by atoms with van der Waals surface area (Å²) in [6.45, 7) is 4.11. The highest BCUT2D eigenvalue weighted by Gasteiger charge is 2.21. The smallest absolute Gasteiger partial charge is 0.242 e. The van der Waals surface area contributed by atoms with Gasteiger partial charge in [-0.2, -0.15) is 0 Å². The second kappa shape index (κ2) is 8.56. The van der Waals surface area contributed by atoms with Crippen LogP contribution in [-0.4, -0.2) is 48.7 Å². The van der Waals surface area contributed by atoms with Gasteiger partial charge in [0.2, 0.25) is 15.9 Å². The molecule has 1 rings (SSSR count). The predicted molar refractivity (Wildman–Crippen MR) is 91.9 cm³/mol. The molecule has 130 valence electrons. The third-order valence-corrected chi connectivity index (χ3v) is 6.73. The van der Waals surface area contributed by atoms with Gasteiger partial charge in [-0.15, -0.1) is 0 Å². The van der Waals surface area contributed by atoms with Crippen molar-refractivity contribution in [1.82, 2.24) is 9.62 Å². The van der Waals surface area contributed by atoms with E-state index in [1.54, 1.807) is 19.1 Å². The molecule has 0 spiro atoms. The van der Waals surface area contributed by atoms with Crippen LogP contribution in [0.2, 0.25) is 0 Å². The topological polar surface area (TPSA) is 83.5 Å². The first-order valence-electron chi connectivity index (χ1n) is 7.36. The van der Waals surface area contributed by atoms with Crippen molar-refractivity contribution in [2.75, 3.05) is 20.6 Å². The standard InChI is InChI=1S/C15H24N2O4S2/c1-5-9-16-15(18)12(2)22(19)11-13-7-6-8-14(10-13)23(20,21)17(3)4/h6-8,10,12H,5,9,11H2,1-4H3,(H,16,18). The van der Waals surface area contributed by atoms with Crippen molar-refractivity contribution in [2.24, 2.45) is 0 Å². The molecule has 23 heavy (non-hydrogen) atoms. The highest BCUT2D eigenvalue weighted by molar-refractivity contribution is 7.89. The summed E-state index contributed by atoms with van der Waals surface area (Å²) in [6.07, 6.45) is 0.815. The summed E-state index contributed by atoms with van der Waals surface area (Å²) in [6, 6.07) is 6.33. The summed E-state index contributed by atoms with van der Waals surface area (Å²) in [7, 11) is -2.03. The minimum atomic E-state index is -3.53. The van der Waals surface area contributed by atoms with Crippen molar-refractivity contribution in [3.63, 3.8) is 0 Å². The minimum Gasteiger partial charge on any atom is -0.355 e. The number of nitrogens with one attached hydrogen (secondary N) is 1. The number of sulfonamides is 1. The van der Waals surface area contributed by atoms with Crippen LogP contribution in [-0.2, 0) is 31.4 Å². The van der Waals surface area contributed by atoms with Gasteiger partial charge in [-0.05, 0) is 31.0 Å². The van der Waals surface area contributed by atoms with E-state index in [0.717, 1.165) is 10.7 Å². The van der Waals surface area contributed by atoms with Crippen LogP contribution in [0.15, 0.2) is 29.2 Å². The van der Waals surface area contributed by atoms with E-state index in [-0.39, 0.29) is 16.6 Å². The molecule has 6 nitrogen and oxygen atoms in total. The van der Waals surface area contributed by atoms with Gasteiger partial charge in [0.05, 0.1) is 4.90 Å². The average molecular weight is 361 g/mol. The van der Waals surface area contributed by atoms with Gasteiger partial charge in [0.1, 0.15) is 5.25 Å². The molecule has 0 saturated heterocycles. The Morgan fingerprint density at radius 3 is 2.57 bits per heavy atom. The minimum absolute atomic E-state index is 0.136. The zero-order chi connectivity index (χ0) is 17.6. The molecule has 1 N–H and O–H groups in total. The Hall–Kier alpha value is -1.25. The zero-order valence-corrected chi connectivity index (χ0v) is 15.5. The number of rotatable bonds is 8. The summed E-state index contributed by atoms with van der Waals surface area (Å²) < 4.78 is 37.7. The molecule has 1 aromatic rings. The lowest BCUT2D eigenvalue weighted by molar-refractivity contribution is -0.120. The van der Waals surface area contributed by atoms with Crippen LogP contribution in [0.4, 0.5) is 0 Å². The van der Waals surface area contributed by atoms with Crippen LogP contribution < -0.4 is 5.32 Å². The predicted octanol–water partition coefficient (Wildman–Crippen LogP) is 1.10. The molecule has 0 bridgehead atoms. The van der Waals surface area contributed by atoms with Crippen LogP contribution in [0.5, 0.6) is 0 Å². The van der Waals surface area contributed by atoms with Crippen LogP contribution in [0, 0.1) is 0 Å². The number of carbonyl (C=O) groups is 1. The van der Waals surface area contributed by atoms with Crippen molar-refractivity contribution in [2.45, 2.75) is 36.2 Å². The number of hydrogen-bond donors (Lipinski definition) is 1. The van der Waals surface area contributed by atoms with Crippen LogP contribution >= 0.6 is 0 Å². The summed E-state index contributed by atoms with van der Waals surface area (Å²) >= 11 is 0. The van der Waals surface area contributed by atoms with Gasteiger partial charge in [-0.3, -0.25) is 9.00 Å². The van der Waals surface area contributed by atoms with E-state index in [2.05, 4.69) is 5.32 Å². The van der Waals surface area contributed by atoms with E-state index in [0.29, 0.717) is 12.1 Å². The second-order valence-electron chi connectivity index (χ2n) is 5.39. The van der Waals surface area contributed by atoms with Gasteiger partial charge < -0.3 is 5.32 Å². The molecule has 0 aromatic heterocycles. The van der Waals surface area contributed by atoms with Crippen molar-refractivity contribution in [1.29, 1.82) is 0 Å². The molecule has 1 aromatic carbocycles. The molecule has 0 radical (unpaired) electrons. The molecule has 0 aliphatic carbocycles. The second-order valence-corrected chi connectivity index (χ2v) is 9.30. The van der Waals surface area contributed by atoms with Gasteiger partial charge >= 0.3 is 0 Å². The van der Waals surface area contributed by atoms with E-state index in [4.69, 9.17) is 0 Å².